The molecule has 0 spiro atoms. The summed E-state index contributed by atoms with van der Waals surface area (Å²) >= 11 is 3.16. The molecule has 0 fully saturated rings. The highest BCUT2D eigenvalue weighted by molar-refractivity contribution is 9.10. The summed E-state index contributed by atoms with van der Waals surface area (Å²) in [7, 11) is 0. The van der Waals surface area contributed by atoms with Crippen LogP contribution >= 0.6 is 15.9 Å². The van der Waals surface area contributed by atoms with E-state index in [1.807, 2.05) is 0 Å². The molecular weight excluding hydrogens is 239 g/mol. The van der Waals surface area contributed by atoms with E-state index in [4.69, 9.17) is 5.73 Å². The molecule has 0 aliphatic rings. The molecule has 0 aliphatic carbocycles. The molecule has 13 heavy (non-hydrogen) atoms. The smallest absolute Gasteiger partial charge is 0.316 e. The molecule has 0 unspecified atom stereocenters. The molecular formula is C8H8BrFN2O. The summed E-state index contributed by atoms with van der Waals surface area (Å²) in [6.07, 6.45) is 0. The Balaban J connectivity index is 3.10. The number of rotatable bonds is 1. The van der Waals surface area contributed by atoms with Gasteiger partial charge in [0, 0.05) is 10.0 Å². The Bertz CT molecular complexity index is 354. The van der Waals surface area contributed by atoms with Crippen molar-refractivity contribution in [2.24, 2.45) is 5.73 Å². The zero-order chi connectivity index (χ0) is 10.0. The maximum absolute atomic E-state index is 13.3. The van der Waals surface area contributed by atoms with Crippen molar-refractivity contribution in [1.82, 2.24) is 0 Å². The van der Waals surface area contributed by atoms with E-state index in [-0.39, 0.29) is 5.69 Å². The van der Waals surface area contributed by atoms with Crippen molar-refractivity contribution in [1.29, 1.82) is 0 Å². The van der Waals surface area contributed by atoms with Crippen LogP contribution in [0, 0.1) is 12.7 Å². The molecule has 1 rings (SSSR count). The monoisotopic (exact) mass is 246 g/mol. The molecule has 2 amide bonds. The summed E-state index contributed by atoms with van der Waals surface area (Å²) in [4.78, 5) is 10.4. The number of anilines is 1. The first-order chi connectivity index (χ1) is 6.02. The molecule has 70 valence electrons. The molecule has 3 N–H and O–H groups in total. The highest BCUT2D eigenvalue weighted by Gasteiger charge is 2.08. The fourth-order valence-corrected chi connectivity index (χ4v) is 1.20. The highest BCUT2D eigenvalue weighted by Crippen LogP contribution is 2.24. The lowest BCUT2D eigenvalue weighted by molar-refractivity contribution is 0.259. The third-order valence-corrected chi connectivity index (χ3v) is 2.44. The van der Waals surface area contributed by atoms with Crippen LogP contribution in [0.4, 0.5) is 14.9 Å². The van der Waals surface area contributed by atoms with Crippen molar-refractivity contribution in [3.63, 3.8) is 0 Å². The summed E-state index contributed by atoms with van der Waals surface area (Å²) in [5.74, 6) is -0.479. The average Bonchev–Trinajstić information content (AvgIpc) is 2.06. The van der Waals surface area contributed by atoms with Gasteiger partial charge in [-0.2, -0.15) is 0 Å². The molecule has 0 heterocycles. The van der Waals surface area contributed by atoms with Crippen molar-refractivity contribution in [2.75, 3.05) is 5.32 Å². The number of benzene rings is 1. The van der Waals surface area contributed by atoms with Crippen molar-refractivity contribution in [2.45, 2.75) is 6.92 Å². The third-order valence-electron chi connectivity index (χ3n) is 1.58. The Hall–Kier alpha value is -1.10. The van der Waals surface area contributed by atoms with Gasteiger partial charge in [-0.25, -0.2) is 9.18 Å². The van der Waals surface area contributed by atoms with E-state index >= 15 is 0 Å². The normalized spacial score (nSPS) is 9.77. The maximum atomic E-state index is 13.3. The topological polar surface area (TPSA) is 55.1 Å². The van der Waals surface area contributed by atoms with Crippen LogP contribution in [0.15, 0.2) is 16.6 Å². The van der Waals surface area contributed by atoms with Gasteiger partial charge >= 0.3 is 6.03 Å². The predicted octanol–water partition coefficient (Wildman–Crippen LogP) is 2.39. The molecule has 1 aromatic carbocycles. The van der Waals surface area contributed by atoms with Crippen molar-refractivity contribution < 1.29 is 9.18 Å². The van der Waals surface area contributed by atoms with Gasteiger partial charge in [0.25, 0.3) is 0 Å². The molecule has 0 aromatic heterocycles. The molecule has 0 saturated carbocycles. The van der Waals surface area contributed by atoms with E-state index in [0.29, 0.717) is 10.0 Å². The molecule has 5 heteroatoms. The number of carbonyl (C=O) groups excluding carboxylic acids is 1. The molecule has 0 atom stereocenters. The van der Waals surface area contributed by atoms with Gasteiger partial charge in [0.1, 0.15) is 0 Å². The number of amides is 2. The van der Waals surface area contributed by atoms with Gasteiger partial charge in [-0.1, -0.05) is 15.9 Å². The van der Waals surface area contributed by atoms with Crippen LogP contribution in [-0.2, 0) is 0 Å². The SMILES string of the molecule is Cc1c(Br)ccc(NC(N)=O)c1F. The van der Waals surface area contributed by atoms with E-state index in [0.717, 1.165) is 0 Å². The fourth-order valence-electron chi connectivity index (χ4n) is 0.891. The van der Waals surface area contributed by atoms with Crippen molar-refractivity contribution >= 4 is 27.6 Å². The molecule has 3 nitrogen and oxygen atoms in total. The van der Waals surface area contributed by atoms with E-state index in [1.165, 1.54) is 6.07 Å². The molecule has 0 bridgehead atoms. The summed E-state index contributed by atoms with van der Waals surface area (Å²) in [6.45, 7) is 1.60. The highest BCUT2D eigenvalue weighted by atomic mass is 79.9. The van der Waals surface area contributed by atoms with E-state index in [2.05, 4.69) is 21.2 Å². The van der Waals surface area contributed by atoms with E-state index in [1.54, 1.807) is 13.0 Å². The quantitative estimate of drug-likeness (QED) is 0.786. The van der Waals surface area contributed by atoms with Crippen LogP contribution in [0.25, 0.3) is 0 Å². The summed E-state index contributed by atoms with van der Waals surface area (Å²) < 4.78 is 14.0. The van der Waals surface area contributed by atoms with Gasteiger partial charge in [0.15, 0.2) is 5.82 Å². The van der Waals surface area contributed by atoms with Gasteiger partial charge in [-0.05, 0) is 19.1 Å². The summed E-state index contributed by atoms with van der Waals surface area (Å²) in [5, 5.41) is 2.18. The number of primary amides is 1. The lowest BCUT2D eigenvalue weighted by Crippen LogP contribution is -2.20. The molecule has 1 aromatic rings. The third kappa shape index (κ3) is 2.18. The van der Waals surface area contributed by atoms with Crippen LogP contribution in [0.3, 0.4) is 0 Å². The Labute approximate surface area is 83.2 Å². The second kappa shape index (κ2) is 3.74. The largest absolute Gasteiger partial charge is 0.351 e. The number of hydrogen-bond acceptors (Lipinski definition) is 1. The van der Waals surface area contributed by atoms with Crippen LogP contribution in [-0.4, -0.2) is 6.03 Å². The number of nitrogens with one attached hydrogen (secondary N) is 1. The van der Waals surface area contributed by atoms with Gasteiger partial charge in [-0.15, -0.1) is 0 Å². The fraction of sp³-hybridized carbons (Fsp3) is 0.125. The zero-order valence-corrected chi connectivity index (χ0v) is 8.48. The molecule has 0 saturated heterocycles. The molecule has 0 aliphatic heterocycles. The van der Waals surface area contributed by atoms with Gasteiger partial charge in [0.2, 0.25) is 0 Å². The van der Waals surface area contributed by atoms with Gasteiger partial charge < -0.3 is 11.1 Å². The van der Waals surface area contributed by atoms with Crippen LogP contribution in [0.1, 0.15) is 5.56 Å². The minimum absolute atomic E-state index is 0.0909. The standard InChI is InChI=1S/C8H8BrFN2O/c1-4-5(9)2-3-6(7(4)10)12-8(11)13/h2-3H,1H3,(H3,11,12,13). The lowest BCUT2D eigenvalue weighted by Gasteiger charge is -2.06. The van der Waals surface area contributed by atoms with Crippen LogP contribution < -0.4 is 11.1 Å². The summed E-state index contributed by atoms with van der Waals surface area (Å²) in [5.41, 5.74) is 5.38. The number of hydrogen-bond donors (Lipinski definition) is 2. The summed E-state index contributed by atoms with van der Waals surface area (Å²) in [6, 6.07) is 2.31. The number of urea groups is 1. The second-order valence-corrected chi connectivity index (χ2v) is 3.38. The van der Waals surface area contributed by atoms with Crippen molar-refractivity contribution in [3.05, 3.63) is 28.0 Å². The van der Waals surface area contributed by atoms with Crippen LogP contribution in [0.5, 0.6) is 0 Å². The van der Waals surface area contributed by atoms with Gasteiger partial charge in [0.05, 0.1) is 5.69 Å². The lowest BCUT2D eigenvalue weighted by atomic mass is 10.2. The first-order valence-corrected chi connectivity index (χ1v) is 4.32. The Morgan fingerprint density at radius 1 is 1.62 bits per heavy atom. The number of halogens is 2. The Morgan fingerprint density at radius 2 is 2.23 bits per heavy atom. The first kappa shape index (κ1) is 9.98. The maximum Gasteiger partial charge on any atom is 0.316 e. The second-order valence-electron chi connectivity index (χ2n) is 2.52. The number of carbonyl (C=O) groups is 1. The van der Waals surface area contributed by atoms with E-state index in [9.17, 15) is 9.18 Å². The van der Waals surface area contributed by atoms with E-state index < -0.39 is 11.8 Å². The first-order valence-electron chi connectivity index (χ1n) is 3.53. The zero-order valence-electron chi connectivity index (χ0n) is 6.90. The minimum Gasteiger partial charge on any atom is -0.351 e. The Morgan fingerprint density at radius 3 is 2.77 bits per heavy atom. The van der Waals surface area contributed by atoms with Crippen molar-refractivity contribution in [3.8, 4) is 0 Å². The molecule has 0 radical (unpaired) electrons. The van der Waals surface area contributed by atoms with Crippen LogP contribution in [0.2, 0.25) is 0 Å². The number of nitrogens with two attached hydrogens (primary N) is 1. The Kier molecular flexibility index (Phi) is 2.87. The predicted molar refractivity (Wildman–Crippen MR) is 52.0 cm³/mol. The minimum atomic E-state index is -0.777. The van der Waals surface area contributed by atoms with Gasteiger partial charge in [-0.3, -0.25) is 0 Å². The average molecular weight is 247 g/mol.